The predicted octanol–water partition coefficient (Wildman–Crippen LogP) is 1.71. The lowest BCUT2D eigenvalue weighted by Gasteiger charge is -2.07. The molecule has 0 saturated heterocycles. The van der Waals surface area contributed by atoms with E-state index in [0.29, 0.717) is 12.4 Å². The third-order valence-electron chi connectivity index (χ3n) is 1.81. The third kappa shape index (κ3) is 3.36. The van der Waals surface area contributed by atoms with E-state index in [1.807, 2.05) is 6.26 Å². The van der Waals surface area contributed by atoms with Gasteiger partial charge >= 0.3 is 5.97 Å². The fourth-order valence-corrected chi connectivity index (χ4v) is 1.32. The Morgan fingerprint density at radius 1 is 1.60 bits per heavy atom. The average molecular weight is 227 g/mol. The largest absolute Gasteiger partial charge is 0.493 e. The number of aromatic carboxylic acids is 1. The second-order valence-electron chi connectivity index (χ2n) is 2.90. The minimum atomic E-state index is -1.02. The van der Waals surface area contributed by atoms with Crippen molar-refractivity contribution in [1.29, 1.82) is 0 Å². The number of anilines is 1. The molecule has 3 N–H and O–H groups in total. The highest BCUT2D eigenvalue weighted by atomic mass is 32.2. The van der Waals surface area contributed by atoms with Gasteiger partial charge in [-0.2, -0.15) is 11.8 Å². The Morgan fingerprint density at radius 2 is 2.33 bits per heavy atom. The molecule has 82 valence electrons. The minimum Gasteiger partial charge on any atom is -0.493 e. The van der Waals surface area contributed by atoms with Gasteiger partial charge in [0.1, 0.15) is 5.75 Å². The highest BCUT2D eigenvalue weighted by molar-refractivity contribution is 7.98. The molecule has 0 atom stereocenters. The predicted molar refractivity (Wildman–Crippen MR) is 61.7 cm³/mol. The summed E-state index contributed by atoms with van der Waals surface area (Å²) in [5, 5.41) is 8.75. The normalized spacial score (nSPS) is 9.93. The molecule has 15 heavy (non-hydrogen) atoms. The van der Waals surface area contributed by atoms with E-state index in [1.165, 1.54) is 12.1 Å². The first kappa shape index (κ1) is 11.7. The van der Waals surface area contributed by atoms with Crippen LogP contribution in [-0.4, -0.2) is 29.7 Å². The van der Waals surface area contributed by atoms with Crippen molar-refractivity contribution >= 4 is 23.4 Å². The van der Waals surface area contributed by atoms with E-state index in [4.69, 9.17) is 15.6 Å². The maximum Gasteiger partial charge on any atom is 0.337 e. The molecule has 1 rings (SSSR count). The first-order valence-electron chi connectivity index (χ1n) is 4.39. The fraction of sp³-hybridized carbons (Fsp3) is 0.300. The monoisotopic (exact) mass is 227 g/mol. The molecule has 0 unspecified atom stereocenters. The van der Waals surface area contributed by atoms with Gasteiger partial charge in [-0.3, -0.25) is 0 Å². The fourth-order valence-electron chi connectivity index (χ4n) is 1.07. The Bertz CT molecular complexity index is 355. The van der Waals surface area contributed by atoms with Crippen LogP contribution < -0.4 is 10.5 Å². The SMILES string of the molecule is CSCCOc1ccc(C(=O)O)c(N)c1. The number of nitrogen functional groups attached to an aromatic ring is 1. The van der Waals surface area contributed by atoms with Crippen molar-refractivity contribution in [3.8, 4) is 5.75 Å². The molecule has 0 aromatic heterocycles. The van der Waals surface area contributed by atoms with E-state index in [9.17, 15) is 4.79 Å². The summed E-state index contributed by atoms with van der Waals surface area (Å²) >= 11 is 1.68. The summed E-state index contributed by atoms with van der Waals surface area (Å²) in [6.07, 6.45) is 1.99. The molecule has 0 radical (unpaired) electrons. The van der Waals surface area contributed by atoms with Gasteiger partial charge < -0.3 is 15.6 Å². The minimum absolute atomic E-state index is 0.104. The number of hydrogen-bond donors (Lipinski definition) is 2. The second kappa shape index (κ2) is 5.50. The van der Waals surface area contributed by atoms with E-state index >= 15 is 0 Å². The molecule has 0 aliphatic heterocycles. The number of hydrogen-bond acceptors (Lipinski definition) is 4. The number of rotatable bonds is 5. The zero-order chi connectivity index (χ0) is 11.3. The van der Waals surface area contributed by atoms with Crippen LogP contribution in [-0.2, 0) is 0 Å². The van der Waals surface area contributed by atoms with E-state index in [0.717, 1.165) is 5.75 Å². The summed E-state index contributed by atoms with van der Waals surface area (Å²) in [4.78, 5) is 10.7. The van der Waals surface area contributed by atoms with Crippen molar-refractivity contribution in [3.05, 3.63) is 23.8 Å². The summed E-state index contributed by atoms with van der Waals surface area (Å²) in [7, 11) is 0. The van der Waals surface area contributed by atoms with Crippen LogP contribution in [0, 0.1) is 0 Å². The van der Waals surface area contributed by atoms with Crippen molar-refractivity contribution in [1.82, 2.24) is 0 Å². The van der Waals surface area contributed by atoms with Crippen molar-refractivity contribution in [2.45, 2.75) is 0 Å². The summed E-state index contributed by atoms with van der Waals surface area (Å²) in [6, 6.07) is 4.59. The lowest BCUT2D eigenvalue weighted by atomic mass is 10.2. The lowest BCUT2D eigenvalue weighted by molar-refractivity contribution is 0.0698. The first-order chi connectivity index (χ1) is 7.15. The molecule has 0 fully saturated rings. The van der Waals surface area contributed by atoms with Gasteiger partial charge in [0.2, 0.25) is 0 Å². The molecular weight excluding hydrogens is 214 g/mol. The van der Waals surface area contributed by atoms with Gasteiger partial charge in [-0.1, -0.05) is 0 Å². The topological polar surface area (TPSA) is 72.5 Å². The van der Waals surface area contributed by atoms with Crippen molar-refractivity contribution in [3.63, 3.8) is 0 Å². The van der Waals surface area contributed by atoms with Crippen molar-refractivity contribution in [2.75, 3.05) is 24.3 Å². The van der Waals surface area contributed by atoms with E-state index in [-0.39, 0.29) is 11.3 Å². The molecule has 4 nitrogen and oxygen atoms in total. The molecule has 5 heteroatoms. The Morgan fingerprint density at radius 3 is 2.87 bits per heavy atom. The Hall–Kier alpha value is -1.36. The molecular formula is C10H13NO3S. The third-order valence-corrected chi connectivity index (χ3v) is 2.38. The standard InChI is InChI=1S/C10H13NO3S/c1-15-5-4-14-7-2-3-8(10(12)13)9(11)6-7/h2-3,6H,4-5,11H2,1H3,(H,12,13). The quantitative estimate of drug-likeness (QED) is 0.591. The summed E-state index contributed by atoms with van der Waals surface area (Å²) in [5.41, 5.74) is 5.89. The van der Waals surface area contributed by atoms with Crippen LogP contribution in [0.4, 0.5) is 5.69 Å². The molecule has 1 aromatic rings. The van der Waals surface area contributed by atoms with Crippen molar-refractivity contribution < 1.29 is 14.6 Å². The van der Waals surface area contributed by atoms with Crippen LogP contribution in [0.5, 0.6) is 5.75 Å². The number of benzene rings is 1. The maximum atomic E-state index is 10.7. The highest BCUT2D eigenvalue weighted by Crippen LogP contribution is 2.19. The van der Waals surface area contributed by atoms with Crippen LogP contribution in [0.15, 0.2) is 18.2 Å². The van der Waals surface area contributed by atoms with Gasteiger partial charge in [-0.05, 0) is 18.4 Å². The Kier molecular flexibility index (Phi) is 4.30. The van der Waals surface area contributed by atoms with Crippen LogP contribution in [0.1, 0.15) is 10.4 Å². The van der Waals surface area contributed by atoms with Crippen LogP contribution in [0.25, 0.3) is 0 Å². The summed E-state index contributed by atoms with van der Waals surface area (Å²) < 4.78 is 5.37. The smallest absolute Gasteiger partial charge is 0.337 e. The Labute approximate surface area is 92.4 Å². The van der Waals surface area contributed by atoms with Gasteiger partial charge in [0, 0.05) is 17.5 Å². The lowest BCUT2D eigenvalue weighted by Crippen LogP contribution is -2.04. The first-order valence-corrected chi connectivity index (χ1v) is 5.79. The van der Waals surface area contributed by atoms with Crippen LogP contribution in [0.2, 0.25) is 0 Å². The zero-order valence-corrected chi connectivity index (χ0v) is 9.21. The van der Waals surface area contributed by atoms with Gasteiger partial charge in [0.25, 0.3) is 0 Å². The molecule has 0 spiro atoms. The molecule has 0 aliphatic carbocycles. The number of carboxylic acid groups (broad SMARTS) is 1. The molecule has 0 amide bonds. The molecule has 0 saturated carbocycles. The van der Waals surface area contributed by atoms with Gasteiger partial charge in [0.05, 0.1) is 12.2 Å². The van der Waals surface area contributed by atoms with E-state index in [2.05, 4.69) is 0 Å². The van der Waals surface area contributed by atoms with E-state index < -0.39 is 5.97 Å². The summed E-state index contributed by atoms with van der Waals surface area (Å²) in [5.74, 6) is 0.468. The number of carboxylic acids is 1. The molecule has 0 aliphatic rings. The molecule has 0 heterocycles. The number of ether oxygens (including phenoxy) is 1. The van der Waals surface area contributed by atoms with E-state index in [1.54, 1.807) is 17.8 Å². The zero-order valence-electron chi connectivity index (χ0n) is 8.40. The molecule has 0 bridgehead atoms. The van der Waals surface area contributed by atoms with Crippen LogP contribution >= 0.6 is 11.8 Å². The summed E-state index contributed by atoms with van der Waals surface area (Å²) in [6.45, 7) is 0.590. The Balaban J connectivity index is 2.69. The number of thioether (sulfide) groups is 1. The number of nitrogens with two attached hydrogens (primary N) is 1. The van der Waals surface area contributed by atoms with Gasteiger partial charge in [0.15, 0.2) is 0 Å². The van der Waals surface area contributed by atoms with Crippen LogP contribution in [0.3, 0.4) is 0 Å². The highest BCUT2D eigenvalue weighted by Gasteiger charge is 2.08. The van der Waals surface area contributed by atoms with Crippen molar-refractivity contribution in [2.24, 2.45) is 0 Å². The second-order valence-corrected chi connectivity index (χ2v) is 3.88. The van der Waals surface area contributed by atoms with Gasteiger partial charge in [-0.15, -0.1) is 0 Å². The maximum absolute atomic E-state index is 10.7. The van der Waals surface area contributed by atoms with Gasteiger partial charge in [-0.25, -0.2) is 4.79 Å². The number of carbonyl (C=O) groups is 1. The average Bonchev–Trinajstić information content (AvgIpc) is 2.17. The molecule has 1 aromatic carbocycles.